The third kappa shape index (κ3) is 2.34. The van der Waals surface area contributed by atoms with Crippen LogP contribution in [0.4, 0.5) is 0 Å². The van der Waals surface area contributed by atoms with E-state index in [1.165, 1.54) is 15.3 Å². The molecule has 0 unspecified atom stereocenters. The third-order valence-corrected chi connectivity index (χ3v) is 2.79. The van der Waals surface area contributed by atoms with Gasteiger partial charge in [-0.3, -0.25) is 4.79 Å². The molecule has 0 spiro atoms. The maximum Gasteiger partial charge on any atom is 0.217 e. The quantitative estimate of drug-likeness (QED) is 0.762. The first-order valence-corrected chi connectivity index (χ1v) is 4.75. The van der Waals surface area contributed by atoms with Crippen molar-refractivity contribution in [3.05, 3.63) is 21.4 Å². The molecule has 2 nitrogen and oxygen atoms in total. The number of carbonyl (C=O) groups excluding carboxylic acids is 1. The van der Waals surface area contributed by atoms with Crippen molar-refractivity contribution in [2.24, 2.45) is 5.73 Å². The fourth-order valence-corrected chi connectivity index (χ4v) is 2.17. The molecule has 0 atom stereocenters. The van der Waals surface area contributed by atoms with Gasteiger partial charge in [0, 0.05) is 16.2 Å². The zero-order chi connectivity index (χ0) is 9.14. The van der Waals surface area contributed by atoms with Gasteiger partial charge in [-0.15, -0.1) is 11.3 Å². The fraction of sp³-hybridized carbons (Fsp3) is 0.444. The van der Waals surface area contributed by atoms with Crippen molar-refractivity contribution < 1.29 is 4.79 Å². The van der Waals surface area contributed by atoms with Crippen LogP contribution in [0.15, 0.2) is 6.07 Å². The molecule has 1 rings (SSSR count). The van der Waals surface area contributed by atoms with Crippen LogP contribution >= 0.6 is 11.3 Å². The molecule has 12 heavy (non-hydrogen) atoms. The fourth-order valence-electron chi connectivity index (χ4n) is 1.19. The molecule has 1 aromatic heterocycles. The predicted molar refractivity (Wildman–Crippen MR) is 51.3 cm³/mol. The van der Waals surface area contributed by atoms with E-state index in [-0.39, 0.29) is 5.91 Å². The molecule has 66 valence electrons. The van der Waals surface area contributed by atoms with Crippen molar-refractivity contribution in [3.8, 4) is 0 Å². The van der Waals surface area contributed by atoms with Gasteiger partial charge < -0.3 is 5.73 Å². The van der Waals surface area contributed by atoms with Gasteiger partial charge >= 0.3 is 0 Å². The highest BCUT2D eigenvalue weighted by Crippen LogP contribution is 2.21. The van der Waals surface area contributed by atoms with Crippen LogP contribution in [-0.2, 0) is 11.2 Å². The Hall–Kier alpha value is -0.830. The summed E-state index contributed by atoms with van der Waals surface area (Å²) < 4.78 is 0. The Labute approximate surface area is 76.4 Å². The molecule has 0 saturated carbocycles. The van der Waals surface area contributed by atoms with E-state index in [1.807, 2.05) is 0 Å². The third-order valence-electron chi connectivity index (χ3n) is 1.78. The van der Waals surface area contributed by atoms with Crippen LogP contribution in [0.25, 0.3) is 0 Å². The highest BCUT2D eigenvalue weighted by atomic mass is 32.1. The molecule has 2 N–H and O–H groups in total. The van der Waals surface area contributed by atoms with Gasteiger partial charge in [0.1, 0.15) is 0 Å². The van der Waals surface area contributed by atoms with Crippen LogP contribution in [-0.4, -0.2) is 5.91 Å². The second-order valence-corrected chi connectivity index (χ2v) is 4.37. The van der Waals surface area contributed by atoms with E-state index in [4.69, 9.17) is 5.73 Å². The maximum absolute atomic E-state index is 10.5. The Morgan fingerprint density at radius 1 is 1.58 bits per heavy atom. The number of hydrogen-bond donors (Lipinski definition) is 1. The lowest BCUT2D eigenvalue weighted by Crippen LogP contribution is -2.11. The molecule has 0 bridgehead atoms. The number of amides is 1. The summed E-state index contributed by atoms with van der Waals surface area (Å²) in [5.41, 5.74) is 6.32. The molecular formula is C9H13NOS. The monoisotopic (exact) mass is 183 g/mol. The van der Waals surface area contributed by atoms with Crippen molar-refractivity contribution in [2.75, 3.05) is 0 Å². The molecular weight excluding hydrogens is 170 g/mol. The number of rotatable bonds is 3. The zero-order valence-corrected chi connectivity index (χ0v) is 8.20. The molecule has 3 heteroatoms. The number of hydrogen-bond acceptors (Lipinski definition) is 2. The van der Waals surface area contributed by atoms with Gasteiger partial charge in [-0.2, -0.15) is 0 Å². The van der Waals surface area contributed by atoms with Crippen molar-refractivity contribution in [2.45, 2.75) is 26.7 Å². The highest BCUT2D eigenvalue weighted by molar-refractivity contribution is 7.12. The SMILES string of the molecule is Cc1cc(CCC(N)=O)c(C)s1. The summed E-state index contributed by atoms with van der Waals surface area (Å²) in [6, 6.07) is 2.13. The standard InChI is InChI=1S/C9H13NOS/c1-6-5-8(7(2)12-6)3-4-9(10)11/h5H,3-4H2,1-2H3,(H2,10,11). The molecule has 0 saturated heterocycles. The van der Waals surface area contributed by atoms with Crippen molar-refractivity contribution in [3.63, 3.8) is 0 Å². The van der Waals surface area contributed by atoms with Crippen LogP contribution in [0.2, 0.25) is 0 Å². The van der Waals surface area contributed by atoms with Crippen LogP contribution in [0.1, 0.15) is 21.7 Å². The largest absolute Gasteiger partial charge is 0.370 e. The molecule has 1 amide bonds. The van der Waals surface area contributed by atoms with E-state index in [0.717, 1.165) is 6.42 Å². The number of aryl methyl sites for hydroxylation is 3. The zero-order valence-electron chi connectivity index (χ0n) is 7.39. The van der Waals surface area contributed by atoms with E-state index in [1.54, 1.807) is 11.3 Å². The molecule has 0 aliphatic carbocycles. The van der Waals surface area contributed by atoms with Crippen LogP contribution < -0.4 is 5.73 Å². The lowest BCUT2D eigenvalue weighted by Gasteiger charge is -1.95. The van der Waals surface area contributed by atoms with E-state index >= 15 is 0 Å². The van der Waals surface area contributed by atoms with E-state index in [0.29, 0.717) is 6.42 Å². The van der Waals surface area contributed by atoms with Gasteiger partial charge in [0.25, 0.3) is 0 Å². The molecule has 0 radical (unpaired) electrons. The minimum atomic E-state index is -0.224. The van der Waals surface area contributed by atoms with Crippen molar-refractivity contribution >= 4 is 17.2 Å². The van der Waals surface area contributed by atoms with Gasteiger partial charge in [-0.05, 0) is 31.9 Å². The van der Waals surface area contributed by atoms with Crippen LogP contribution in [0, 0.1) is 13.8 Å². The van der Waals surface area contributed by atoms with Crippen LogP contribution in [0.5, 0.6) is 0 Å². The summed E-state index contributed by atoms with van der Waals surface area (Å²) in [6.45, 7) is 4.15. The maximum atomic E-state index is 10.5. The molecule has 0 aliphatic heterocycles. The molecule has 0 aromatic carbocycles. The van der Waals surface area contributed by atoms with Gasteiger partial charge in [-0.25, -0.2) is 0 Å². The van der Waals surface area contributed by atoms with Crippen molar-refractivity contribution in [1.82, 2.24) is 0 Å². The summed E-state index contributed by atoms with van der Waals surface area (Å²) in [4.78, 5) is 13.1. The smallest absolute Gasteiger partial charge is 0.217 e. The van der Waals surface area contributed by atoms with Crippen molar-refractivity contribution in [1.29, 1.82) is 0 Å². The van der Waals surface area contributed by atoms with E-state index in [9.17, 15) is 4.79 Å². The Kier molecular flexibility index (Phi) is 2.87. The second-order valence-electron chi connectivity index (χ2n) is 2.90. The first-order chi connectivity index (χ1) is 5.59. The second kappa shape index (κ2) is 3.72. The van der Waals surface area contributed by atoms with Gasteiger partial charge in [0.2, 0.25) is 5.91 Å². The Bertz CT molecular complexity index is 291. The number of nitrogens with two attached hydrogens (primary N) is 1. The predicted octanol–water partition coefficient (Wildman–Crippen LogP) is 1.78. The molecule has 0 fully saturated rings. The van der Waals surface area contributed by atoms with Gasteiger partial charge in [-0.1, -0.05) is 0 Å². The number of primary amides is 1. The molecule has 1 aromatic rings. The Morgan fingerprint density at radius 3 is 2.67 bits per heavy atom. The summed E-state index contributed by atoms with van der Waals surface area (Å²) in [5, 5.41) is 0. The van der Waals surface area contributed by atoms with Gasteiger partial charge in [0.05, 0.1) is 0 Å². The summed E-state index contributed by atoms with van der Waals surface area (Å²) in [5.74, 6) is -0.224. The van der Waals surface area contributed by atoms with Crippen LogP contribution in [0.3, 0.4) is 0 Å². The number of thiophene rings is 1. The summed E-state index contributed by atoms with van der Waals surface area (Å²) in [7, 11) is 0. The number of carbonyl (C=O) groups is 1. The first kappa shape index (κ1) is 9.26. The van der Waals surface area contributed by atoms with E-state index in [2.05, 4.69) is 19.9 Å². The highest BCUT2D eigenvalue weighted by Gasteiger charge is 2.03. The first-order valence-electron chi connectivity index (χ1n) is 3.94. The molecule has 1 heterocycles. The minimum Gasteiger partial charge on any atom is -0.370 e. The molecule has 0 aliphatic rings. The lowest BCUT2D eigenvalue weighted by molar-refractivity contribution is -0.117. The summed E-state index contributed by atoms with van der Waals surface area (Å²) >= 11 is 1.77. The lowest BCUT2D eigenvalue weighted by atomic mass is 10.1. The average molecular weight is 183 g/mol. The Balaban J connectivity index is 2.62. The van der Waals surface area contributed by atoms with Gasteiger partial charge in [0.15, 0.2) is 0 Å². The average Bonchev–Trinajstić information content (AvgIpc) is 2.26. The minimum absolute atomic E-state index is 0.224. The topological polar surface area (TPSA) is 43.1 Å². The normalized spacial score (nSPS) is 10.2. The summed E-state index contributed by atoms with van der Waals surface area (Å²) in [6.07, 6.45) is 1.24. The Morgan fingerprint density at radius 2 is 2.25 bits per heavy atom. The van der Waals surface area contributed by atoms with E-state index < -0.39 is 0 Å².